The second-order valence-corrected chi connectivity index (χ2v) is 8.94. The molecule has 8 heteroatoms. The SMILES string of the molecule is O=C(O)CN(CCO)C(=O)CC(CNC(=O)OCC1c2ccccc2-c2ccccc21)C1CC1. The van der Waals surface area contributed by atoms with E-state index in [1.807, 2.05) is 24.3 Å². The van der Waals surface area contributed by atoms with Gasteiger partial charge < -0.3 is 25.2 Å². The molecule has 8 nitrogen and oxygen atoms in total. The van der Waals surface area contributed by atoms with Crippen LogP contribution in [0.5, 0.6) is 0 Å². The fourth-order valence-corrected chi connectivity index (χ4v) is 4.77. The van der Waals surface area contributed by atoms with Gasteiger partial charge in [-0.05, 0) is 46.9 Å². The van der Waals surface area contributed by atoms with Crippen molar-refractivity contribution in [1.82, 2.24) is 10.2 Å². The maximum atomic E-state index is 12.6. The molecule has 2 aliphatic carbocycles. The van der Waals surface area contributed by atoms with Gasteiger partial charge in [0.1, 0.15) is 13.2 Å². The number of aliphatic hydroxyl groups excluding tert-OH is 1. The van der Waals surface area contributed by atoms with E-state index in [4.69, 9.17) is 14.9 Å². The summed E-state index contributed by atoms with van der Waals surface area (Å²) in [7, 11) is 0. The van der Waals surface area contributed by atoms with E-state index < -0.39 is 18.6 Å². The first kappa shape index (κ1) is 23.8. The zero-order chi connectivity index (χ0) is 24.1. The molecule has 1 fully saturated rings. The second-order valence-electron chi connectivity index (χ2n) is 8.94. The Kier molecular flexibility index (Phi) is 7.47. The fraction of sp³-hybridized carbons (Fsp3) is 0.423. The van der Waals surface area contributed by atoms with Crippen molar-refractivity contribution in [2.75, 3.05) is 32.8 Å². The summed E-state index contributed by atoms with van der Waals surface area (Å²) in [5.74, 6) is -1.26. The molecule has 2 aromatic carbocycles. The van der Waals surface area contributed by atoms with Crippen LogP contribution in [-0.2, 0) is 14.3 Å². The van der Waals surface area contributed by atoms with Crippen molar-refractivity contribution in [3.63, 3.8) is 0 Å². The zero-order valence-electron chi connectivity index (χ0n) is 19.0. The Morgan fingerprint density at radius 3 is 2.21 bits per heavy atom. The van der Waals surface area contributed by atoms with Gasteiger partial charge in [0.15, 0.2) is 0 Å². The Morgan fingerprint density at radius 2 is 1.65 bits per heavy atom. The Morgan fingerprint density at radius 1 is 1.03 bits per heavy atom. The minimum atomic E-state index is -1.12. The van der Waals surface area contributed by atoms with E-state index in [2.05, 4.69) is 29.6 Å². The lowest BCUT2D eigenvalue weighted by Crippen LogP contribution is -2.40. The highest BCUT2D eigenvalue weighted by Crippen LogP contribution is 2.44. The molecule has 0 saturated heterocycles. The van der Waals surface area contributed by atoms with Crippen LogP contribution >= 0.6 is 0 Å². The van der Waals surface area contributed by atoms with Gasteiger partial charge in [-0.3, -0.25) is 9.59 Å². The maximum Gasteiger partial charge on any atom is 0.407 e. The molecule has 0 bridgehead atoms. The molecule has 1 saturated carbocycles. The number of hydrogen-bond acceptors (Lipinski definition) is 5. The number of nitrogens with one attached hydrogen (secondary N) is 1. The third kappa shape index (κ3) is 5.56. The zero-order valence-corrected chi connectivity index (χ0v) is 19.0. The standard InChI is InChI=1S/C26H30N2O6/c29-12-11-28(15-25(31)32)24(30)13-18(17-9-10-17)14-27-26(33)34-16-23-21-7-3-1-5-19(21)20-6-2-4-8-22(20)23/h1-8,17-18,23,29H,9-16H2,(H,27,33)(H,31,32). The summed E-state index contributed by atoms with van der Waals surface area (Å²) in [6.07, 6.45) is 1.55. The lowest BCUT2D eigenvalue weighted by atomic mass is 9.98. The molecular formula is C26H30N2O6. The number of aliphatic hydroxyl groups is 1. The Hall–Kier alpha value is -3.39. The summed E-state index contributed by atoms with van der Waals surface area (Å²) in [6, 6.07) is 16.3. The monoisotopic (exact) mass is 466 g/mol. The van der Waals surface area contributed by atoms with Gasteiger partial charge in [-0.1, -0.05) is 48.5 Å². The minimum absolute atomic E-state index is 0.0255. The predicted molar refractivity (Wildman–Crippen MR) is 125 cm³/mol. The van der Waals surface area contributed by atoms with Crippen molar-refractivity contribution in [3.05, 3.63) is 59.7 Å². The summed E-state index contributed by atoms with van der Waals surface area (Å²) >= 11 is 0. The molecule has 2 amide bonds. The van der Waals surface area contributed by atoms with E-state index >= 15 is 0 Å². The minimum Gasteiger partial charge on any atom is -0.480 e. The first-order chi connectivity index (χ1) is 16.5. The third-order valence-corrected chi connectivity index (χ3v) is 6.63. The second kappa shape index (κ2) is 10.7. The van der Waals surface area contributed by atoms with Gasteiger partial charge >= 0.3 is 12.1 Å². The molecule has 4 rings (SSSR count). The van der Waals surface area contributed by atoms with Crippen LogP contribution in [0.2, 0.25) is 0 Å². The largest absolute Gasteiger partial charge is 0.480 e. The van der Waals surface area contributed by atoms with Gasteiger partial charge in [0.25, 0.3) is 0 Å². The molecule has 1 unspecified atom stereocenters. The summed E-state index contributed by atoms with van der Waals surface area (Å²) in [6.45, 7) is -0.271. The number of carbonyl (C=O) groups excluding carboxylic acids is 2. The molecule has 2 aromatic rings. The summed E-state index contributed by atoms with van der Waals surface area (Å²) in [5, 5.41) is 21.0. The number of hydrogen-bond donors (Lipinski definition) is 3. The summed E-state index contributed by atoms with van der Waals surface area (Å²) in [5.41, 5.74) is 4.60. The van der Waals surface area contributed by atoms with Gasteiger partial charge in [-0.2, -0.15) is 0 Å². The Balaban J connectivity index is 1.32. The first-order valence-electron chi connectivity index (χ1n) is 11.7. The van der Waals surface area contributed by atoms with Crippen LogP contribution < -0.4 is 5.32 Å². The Labute approximate surface area is 198 Å². The van der Waals surface area contributed by atoms with Crippen LogP contribution in [0.15, 0.2) is 48.5 Å². The highest BCUT2D eigenvalue weighted by molar-refractivity contribution is 5.82. The smallest absolute Gasteiger partial charge is 0.407 e. The molecule has 180 valence electrons. The van der Waals surface area contributed by atoms with E-state index in [1.54, 1.807) is 0 Å². The molecule has 34 heavy (non-hydrogen) atoms. The third-order valence-electron chi connectivity index (χ3n) is 6.63. The van der Waals surface area contributed by atoms with Gasteiger partial charge in [-0.25, -0.2) is 4.79 Å². The van der Waals surface area contributed by atoms with Gasteiger partial charge in [-0.15, -0.1) is 0 Å². The highest BCUT2D eigenvalue weighted by atomic mass is 16.5. The quantitative estimate of drug-likeness (QED) is 0.469. The van der Waals surface area contributed by atoms with Gasteiger partial charge in [0.2, 0.25) is 5.91 Å². The normalized spacial score (nSPS) is 15.2. The van der Waals surface area contributed by atoms with Crippen molar-refractivity contribution in [2.24, 2.45) is 11.8 Å². The van der Waals surface area contributed by atoms with Crippen LogP contribution in [0, 0.1) is 11.8 Å². The number of amides is 2. The average Bonchev–Trinajstić information content (AvgIpc) is 3.62. The van der Waals surface area contributed by atoms with Crippen molar-refractivity contribution in [1.29, 1.82) is 0 Å². The molecule has 0 radical (unpaired) electrons. The van der Waals surface area contributed by atoms with E-state index in [0.717, 1.165) is 40.0 Å². The molecule has 0 aliphatic heterocycles. The van der Waals surface area contributed by atoms with Gasteiger partial charge in [0, 0.05) is 25.4 Å². The van der Waals surface area contributed by atoms with Crippen LogP contribution in [0.3, 0.4) is 0 Å². The number of nitrogens with zero attached hydrogens (tertiary/aromatic N) is 1. The van der Waals surface area contributed by atoms with Crippen molar-refractivity contribution in [2.45, 2.75) is 25.2 Å². The number of fused-ring (bicyclic) bond motifs is 3. The molecule has 1 atom stereocenters. The van der Waals surface area contributed by atoms with E-state index in [9.17, 15) is 14.4 Å². The molecule has 0 spiro atoms. The van der Waals surface area contributed by atoms with Crippen LogP contribution in [-0.4, -0.2) is 65.9 Å². The highest BCUT2D eigenvalue weighted by Gasteiger charge is 2.34. The fourth-order valence-electron chi connectivity index (χ4n) is 4.77. The number of carboxylic acids is 1. The van der Waals surface area contributed by atoms with Gasteiger partial charge in [0.05, 0.1) is 6.61 Å². The maximum absolute atomic E-state index is 12.6. The van der Waals surface area contributed by atoms with E-state index in [-0.39, 0.29) is 50.5 Å². The average molecular weight is 467 g/mol. The number of benzene rings is 2. The summed E-state index contributed by atoms with van der Waals surface area (Å²) < 4.78 is 5.58. The molecular weight excluding hydrogens is 436 g/mol. The number of rotatable bonds is 11. The number of carboxylic acid groups (broad SMARTS) is 1. The molecule has 0 aromatic heterocycles. The first-order valence-corrected chi connectivity index (χ1v) is 11.7. The lowest BCUT2D eigenvalue weighted by molar-refractivity contribution is -0.145. The number of carbonyl (C=O) groups is 3. The molecule has 3 N–H and O–H groups in total. The molecule has 0 heterocycles. The number of aliphatic carboxylic acids is 1. The van der Waals surface area contributed by atoms with Crippen molar-refractivity contribution >= 4 is 18.0 Å². The summed E-state index contributed by atoms with van der Waals surface area (Å²) in [4.78, 5) is 37.3. The van der Waals surface area contributed by atoms with Crippen molar-refractivity contribution < 1.29 is 29.3 Å². The predicted octanol–water partition coefficient (Wildman–Crippen LogP) is 2.85. The number of ether oxygens (including phenoxy) is 1. The lowest BCUT2D eigenvalue weighted by Gasteiger charge is -2.23. The van der Waals surface area contributed by atoms with Crippen LogP contribution in [0.1, 0.15) is 36.3 Å². The van der Waals surface area contributed by atoms with Crippen LogP contribution in [0.4, 0.5) is 4.79 Å². The molecule has 2 aliphatic rings. The van der Waals surface area contributed by atoms with E-state index in [1.165, 1.54) is 0 Å². The number of alkyl carbamates (subject to hydrolysis) is 1. The van der Waals surface area contributed by atoms with Crippen LogP contribution in [0.25, 0.3) is 11.1 Å². The van der Waals surface area contributed by atoms with E-state index in [0.29, 0.717) is 5.92 Å². The van der Waals surface area contributed by atoms with Crippen molar-refractivity contribution in [3.8, 4) is 11.1 Å². The topological polar surface area (TPSA) is 116 Å². The Bertz CT molecular complexity index is 1010.